The first-order valence-corrected chi connectivity index (χ1v) is 10.4. The van der Waals surface area contributed by atoms with Crippen molar-refractivity contribution in [2.45, 2.75) is 44.4 Å². The van der Waals surface area contributed by atoms with Gasteiger partial charge >= 0.3 is 0 Å². The number of H-pyrrole nitrogens is 1. The predicted octanol–water partition coefficient (Wildman–Crippen LogP) is 2.48. The number of rotatable bonds is 2. The summed E-state index contributed by atoms with van der Waals surface area (Å²) < 4.78 is 5.41. The van der Waals surface area contributed by atoms with Gasteiger partial charge in [-0.25, -0.2) is 0 Å². The molecular formula is C21H26N4O3. The summed E-state index contributed by atoms with van der Waals surface area (Å²) >= 11 is 0. The second-order valence-electron chi connectivity index (χ2n) is 8.07. The number of hydrogen-bond acceptors (Lipinski definition) is 6. The van der Waals surface area contributed by atoms with E-state index in [4.69, 9.17) is 9.72 Å². The Morgan fingerprint density at radius 1 is 1.14 bits per heavy atom. The largest absolute Gasteiger partial charge is 0.378 e. The van der Waals surface area contributed by atoms with Gasteiger partial charge in [0.25, 0.3) is 5.56 Å². The Labute approximate surface area is 163 Å². The van der Waals surface area contributed by atoms with Crippen molar-refractivity contribution in [3.8, 4) is 0 Å². The molecular weight excluding hydrogens is 356 g/mol. The van der Waals surface area contributed by atoms with Crippen LogP contribution in [-0.4, -0.2) is 42.1 Å². The van der Waals surface area contributed by atoms with Crippen molar-refractivity contribution in [1.29, 1.82) is 0 Å². The number of carbonyl (C=O) groups excluding carboxylic acids is 1. The lowest BCUT2D eigenvalue weighted by Gasteiger charge is -2.37. The molecule has 5 rings (SSSR count). The number of ketones is 1. The van der Waals surface area contributed by atoms with Crippen molar-refractivity contribution >= 4 is 17.5 Å². The van der Waals surface area contributed by atoms with E-state index < -0.39 is 0 Å². The first-order valence-electron chi connectivity index (χ1n) is 10.4. The van der Waals surface area contributed by atoms with Crippen molar-refractivity contribution in [2.75, 3.05) is 36.5 Å². The Balaban J connectivity index is 1.61. The summed E-state index contributed by atoms with van der Waals surface area (Å²) in [6.07, 6.45) is 9.56. The average molecular weight is 382 g/mol. The first-order chi connectivity index (χ1) is 13.7. The monoisotopic (exact) mass is 382 g/mol. The van der Waals surface area contributed by atoms with Crippen molar-refractivity contribution in [3.63, 3.8) is 0 Å². The Bertz CT molecular complexity index is 911. The molecule has 0 spiro atoms. The molecule has 3 heterocycles. The smallest absolute Gasteiger partial charge is 0.258 e. The Kier molecular flexibility index (Phi) is 4.55. The van der Waals surface area contributed by atoms with Crippen molar-refractivity contribution in [1.82, 2.24) is 9.97 Å². The number of anilines is 2. The highest BCUT2D eigenvalue weighted by atomic mass is 16.5. The summed E-state index contributed by atoms with van der Waals surface area (Å²) in [5.74, 6) is 1.54. The Morgan fingerprint density at radius 2 is 2.00 bits per heavy atom. The highest BCUT2D eigenvalue weighted by Gasteiger charge is 2.41. The Morgan fingerprint density at radius 3 is 2.79 bits per heavy atom. The third kappa shape index (κ3) is 2.98. The SMILES string of the molecule is O=C1CCCC2=C1[C@@H]([C@H]1CC=CCC1)c1c(nc(N3CCOCC3)[nH]c1=O)N2. The highest BCUT2D eigenvalue weighted by molar-refractivity contribution is 6.00. The van der Waals surface area contributed by atoms with Crippen LogP contribution in [0.4, 0.5) is 11.8 Å². The second kappa shape index (κ2) is 7.20. The standard InChI is InChI=1S/C21H26N4O3/c26-15-8-4-7-14-17(15)16(13-5-2-1-3-6-13)18-19(22-14)23-21(24-20(18)27)25-9-11-28-12-10-25/h1-2,13,16H,3-12H2,(H2,22,23,24,27)/t13-,16+/m0/s1. The molecule has 148 valence electrons. The number of hydrogen-bond donors (Lipinski definition) is 2. The number of carbonyl (C=O) groups is 1. The average Bonchev–Trinajstić information content (AvgIpc) is 2.73. The van der Waals surface area contributed by atoms with Gasteiger partial charge in [-0.2, -0.15) is 4.98 Å². The highest BCUT2D eigenvalue weighted by Crippen LogP contribution is 2.46. The van der Waals surface area contributed by atoms with Crippen LogP contribution in [0.3, 0.4) is 0 Å². The molecule has 2 aliphatic heterocycles. The van der Waals surface area contributed by atoms with Crippen LogP contribution in [-0.2, 0) is 9.53 Å². The molecule has 7 heteroatoms. The molecule has 1 aromatic heterocycles. The van der Waals surface area contributed by atoms with Gasteiger partial charge in [0.05, 0.1) is 18.8 Å². The zero-order chi connectivity index (χ0) is 19.1. The summed E-state index contributed by atoms with van der Waals surface area (Å²) in [6, 6.07) is 0. The molecule has 7 nitrogen and oxygen atoms in total. The normalized spacial score (nSPS) is 27.3. The van der Waals surface area contributed by atoms with Crippen LogP contribution < -0.4 is 15.8 Å². The molecule has 0 saturated carbocycles. The minimum atomic E-state index is -0.154. The molecule has 2 aliphatic carbocycles. The topological polar surface area (TPSA) is 87.3 Å². The molecule has 1 aromatic rings. The number of nitrogens with one attached hydrogen (secondary N) is 2. The van der Waals surface area contributed by atoms with Crippen molar-refractivity contribution in [2.24, 2.45) is 5.92 Å². The minimum Gasteiger partial charge on any atom is -0.378 e. The van der Waals surface area contributed by atoms with E-state index in [1.807, 2.05) is 0 Å². The van der Waals surface area contributed by atoms with Gasteiger partial charge in [0.15, 0.2) is 5.78 Å². The van der Waals surface area contributed by atoms with E-state index in [2.05, 4.69) is 27.4 Å². The van der Waals surface area contributed by atoms with Crippen LogP contribution in [0.15, 0.2) is 28.2 Å². The molecule has 0 radical (unpaired) electrons. The molecule has 4 aliphatic rings. The van der Waals surface area contributed by atoms with Crippen LogP contribution in [0.2, 0.25) is 0 Å². The zero-order valence-corrected chi connectivity index (χ0v) is 16.0. The van der Waals surface area contributed by atoms with E-state index >= 15 is 0 Å². The molecule has 0 unspecified atom stereocenters. The van der Waals surface area contributed by atoms with Gasteiger partial charge in [0.1, 0.15) is 5.82 Å². The Hall–Kier alpha value is -2.41. The van der Waals surface area contributed by atoms with E-state index in [0.717, 1.165) is 43.4 Å². The van der Waals surface area contributed by atoms with Crippen LogP contribution in [0.25, 0.3) is 0 Å². The molecule has 0 amide bonds. The van der Waals surface area contributed by atoms with Gasteiger partial charge in [-0.1, -0.05) is 12.2 Å². The summed E-state index contributed by atoms with van der Waals surface area (Å²) in [5.41, 5.74) is 2.34. The molecule has 2 N–H and O–H groups in total. The predicted molar refractivity (Wildman–Crippen MR) is 107 cm³/mol. The number of allylic oxidation sites excluding steroid dienone is 4. The lowest BCUT2D eigenvalue weighted by Crippen LogP contribution is -2.40. The number of nitrogens with zero attached hydrogens (tertiary/aromatic N) is 2. The number of fused-ring (bicyclic) bond motifs is 1. The van der Waals surface area contributed by atoms with E-state index in [1.165, 1.54) is 0 Å². The first kappa shape index (κ1) is 17.7. The summed E-state index contributed by atoms with van der Waals surface area (Å²) in [5, 5.41) is 3.37. The number of morpholine rings is 1. The molecule has 28 heavy (non-hydrogen) atoms. The summed E-state index contributed by atoms with van der Waals surface area (Å²) in [6.45, 7) is 2.69. The number of ether oxygens (including phenoxy) is 1. The lowest BCUT2D eigenvalue weighted by molar-refractivity contribution is -0.116. The van der Waals surface area contributed by atoms with E-state index in [9.17, 15) is 9.59 Å². The van der Waals surface area contributed by atoms with E-state index in [1.54, 1.807) is 0 Å². The summed E-state index contributed by atoms with van der Waals surface area (Å²) in [7, 11) is 0. The molecule has 0 aromatic carbocycles. The number of Topliss-reactive ketones (excluding diaryl/α,β-unsaturated/α-hetero) is 1. The zero-order valence-electron chi connectivity index (χ0n) is 16.0. The fourth-order valence-corrected chi connectivity index (χ4v) is 5.01. The molecule has 1 fully saturated rings. The maximum absolute atomic E-state index is 13.2. The maximum Gasteiger partial charge on any atom is 0.258 e. The quantitative estimate of drug-likeness (QED) is 0.764. The molecule has 0 bridgehead atoms. The third-order valence-electron chi connectivity index (χ3n) is 6.38. The maximum atomic E-state index is 13.2. The number of aromatic amines is 1. The molecule has 1 saturated heterocycles. The molecule has 2 atom stereocenters. The fraction of sp³-hybridized carbons (Fsp3) is 0.571. The van der Waals surface area contributed by atoms with Gasteiger partial charge < -0.3 is 15.0 Å². The lowest BCUT2D eigenvalue weighted by atomic mass is 9.70. The van der Waals surface area contributed by atoms with Crippen molar-refractivity contribution < 1.29 is 9.53 Å². The van der Waals surface area contributed by atoms with Gasteiger partial charge in [-0.15, -0.1) is 0 Å². The van der Waals surface area contributed by atoms with Gasteiger partial charge in [0, 0.05) is 36.7 Å². The van der Waals surface area contributed by atoms with Gasteiger partial charge in [0.2, 0.25) is 5.95 Å². The van der Waals surface area contributed by atoms with E-state index in [0.29, 0.717) is 50.1 Å². The summed E-state index contributed by atoms with van der Waals surface area (Å²) in [4.78, 5) is 35.9. The van der Waals surface area contributed by atoms with Crippen LogP contribution in [0.1, 0.15) is 50.0 Å². The van der Waals surface area contributed by atoms with Crippen molar-refractivity contribution in [3.05, 3.63) is 39.3 Å². The van der Waals surface area contributed by atoms with E-state index in [-0.39, 0.29) is 23.2 Å². The van der Waals surface area contributed by atoms with Crippen LogP contribution >= 0.6 is 0 Å². The van der Waals surface area contributed by atoms with Gasteiger partial charge in [-0.05, 0) is 38.0 Å². The minimum absolute atomic E-state index is 0.122. The van der Waals surface area contributed by atoms with Gasteiger partial charge in [-0.3, -0.25) is 14.6 Å². The van der Waals surface area contributed by atoms with Crippen LogP contribution in [0, 0.1) is 5.92 Å². The second-order valence-corrected chi connectivity index (χ2v) is 8.07. The number of aromatic nitrogens is 2. The third-order valence-corrected chi connectivity index (χ3v) is 6.38. The van der Waals surface area contributed by atoms with Crippen LogP contribution in [0.5, 0.6) is 0 Å². The fourth-order valence-electron chi connectivity index (χ4n) is 5.01.